The van der Waals surface area contributed by atoms with Gasteiger partial charge in [-0.25, -0.2) is 4.99 Å². The smallest absolute Gasteiger partial charge is 0.194 e. The first-order chi connectivity index (χ1) is 13.0. The molecule has 1 N–H and O–H groups in total. The third-order valence-electron chi connectivity index (χ3n) is 4.22. The van der Waals surface area contributed by atoms with E-state index in [0.717, 1.165) is 23.4 Å². The van der Waals surface area contributed by atoms with E-state index in [1.807, 2.05) is 54.8 Å². The molecule has 0 aliphatic carbocycles. The molecule has 0 fully saturated rings. The Morgan fingerprint density at radius 2 is 1.93 bits per heavy atom. The third kappa shape index (κ3) is 6.56. The number of rotatable bonds is 9. The number of likely N-dealkylation sites (N-methyl/N-ethyl adjacent to an activating group) is 1. The SMILES string of the molecule is COCCNC(=NCc1nnc(C)n1C)N(C)CCOc1ccc(C)cc1. The summed E-state index contributed by atoms with van der Waals surface area (Å²) >= 11 is 0. The lowest BCUT2D eigenvalue weighted by Crippen LogP contribution is -2.42. The molecule has 148 valence electrons. The van der Waals surface area contributed by atoms with Gasteiger partial charge in [-0.3, -0.25) is 0 Å². The highest BCUT2D eigenvalue weighted by Gasteiger charge is 2.09. The number of guanidine groups is 1. The number of aliphatic imine (C=N–C) groups is 1. The molecule has 0 saturated heterocycles. The number of nitrogens with zero attached hydrogens (tertiary/aromatic N) is 5. The maximum absolute atomic E-state index is 5.82. The van der Waals surface area contributed by atoms with Crippen molar-refractivity contribution in [3.8, 4) is 5.75 Å². The van der Waals surface area contributed by atoms with Crippen molar-refractivity contribution in [3.05, 3.63) is 41.5 Å². The van der Waals surface area contributed by atoms with Crippen molar-refractivity contribution in [2.45, 2.75) is 20.4 Å². The molecule has 0 bridgehead atoms. The molecule has 1 aromatic heterocycles. The minimum atomic E-state index is 0.454. The molecular formula is C19H30N6O2. The fourth-order valence-corrected chi connectivity index (χ4v) is 2.35. The highest BCUT2D eigenvalue weighted by Crippen LogP contribution is 2.11. The summed E-state index contributed by atoms with van der Waals surface area (Å²) in [7, 11) is 5.61. The van der Waals surface area contributed by atoms with Gasteiger partial charge in [0.1, 0.15) is 24.7 Å². The fraction of sp³-hybridized carbons (Fsp3) is 0.526. The summed E-state index contributed by atoms with van der Waals surface area (Å²) in [6, 6.07) is 8.05. The summed E-state index contributed by atoms with van der Waals surface area (Å²) in [5.74, 6) is 3.34. The molecule has 0 atom stereocenters. The van der Waals surface area contributed by atoms with E-state index in [1.165, 1.54) is 5.56 Å². The van der Waals surface area contributed by atoms with Crippen LogP contribution < -0.4 is 10.1 Å². The summed E-state index contributed by atoms with van der Waals surface area (Å²) in [6.45, 7) is 6.98. The Morgan fingerprint density at radius 1 is 1.19 bits per heavy atom. The Labute approximate surface area is 161 Å². The summed E-state index contributed by atoms with van der Waals surface area (Å²) < 4.78 is 12.9. The Balaban J connectivity index is 1.93. The lowest BCUT2D eigenvalue weighted by molar-refractivity contribution is 0.202. The average Bonchev–Trinajstić information content (AvgIpc) is 2.98. The summed E-state index contributed by atoms with van der Waals surface area (Å²) in [4.78, 5) is 6.71. The van der Waals surface area contributed by atoms with Gasteiger partial charge in [-0.2, -0.15) is 0 Å². The minimum Gasteiger partial charge on any atom is -0.492 e. The van der Waals surface area contributed by atoms with Gasteiger partial charge in [-0.1, -0.05) is 17.7 Å². The van der Waals surface area contributed by atoms with Crippen molar-refractivity contribution in [1.29, 1.82) is 0 Å². The van der Waals surface area contributed by atoms with Gasteiger partial charge in [-0.15, -0.1) is 10.2 Å². The van der Waals surface area contributed by atoms with E-state index in [-0.39, 0.29) is 0 Å². The van der Waals surface area contributed by atoms with Crippen LogP contribution in [0.15, 0.2) is 29.3 Å². The van der Waals surface area contributed by atoms with E-state index < -0.39 is 0 Å². The van der Waals surface area contributed by atoms with E-state index in [1.54, 1.807) is 7.11 Å². The molecule has 1 heterocycles. The quantitative estimate of drug-likeness (QED) is 0.408. The number of methoxy groups -OCH3 is 1. The van der Waals surface area contributed by atoms with Crippen LogP contribution in [0.1, 0.15) is 17.2 Å². The van der Waals surface area contributed by atoms with Crippen LogP contribution in [0.3, 0.4) is 0 Å². The van der Waals surface area contributed by atoms with Crippen LogP contribution in [-0.2, 0) is 18.3 Å². The molecule has 0 amide bonds. The Morgan fingerprint density at radius 3 is 2.56 bits per heavy atom. The zero-order valence-corrected chi connectivity index (χ0v) is 16.9. The third-order valence-corrected chi connectivity index (χ3v) is 4.22. The standard InChI is InChI=1S/C19H30N6O2/c1-15-6-8-17(9-7-15)27-13-11-24(3)19(20-10-12-26-5)21-14-18-23-22-16(2)25(18)4/h6-9H,10-14H2,1-5H3,(H,20,21). The topological polar surface area (TPSA) is 76.8 Å². The normalized spacial score (nSPS) is 11.5. The highest BCUT2D eigenvalue weighted by atomic mass is 16.5. The second-order valence-electron chi connectivity index (χ2n) is 6.36. The Kier molecular flexibility index (Phi) is 8.06. The second-order valence-corrected chi connectivity index (χ2v) is 6.36. The Hall–Kier alpha value is -2.61. The first kappa shape index (κ1) is 20.7. The van der Waals surface area contributed by atoms with Gasteiger partial charge in [0.05, 0.1) is 13.2 Å². The fourth-order valence-electron chi connectivity index (χ4n) is 2.35. The number of benzene rings is 1. The zero-order valence-electron chi connectivity index (χ0n) is 16.9. The van der Waals surface area contributed by atoms with Crippen LogP contribution in [0.5, 0.6) is 5.75 Å². The van der Waals surface area contributed by atoms with Gasteiger partial charge in [0.15, 0.2) is 11.8 Å². The zero-order chi connectivity index (χ0) is 19.6. The molecule has 2 rings (SSSR count). The van der Waals surface area contributed by atoms with Crippen molar-refractivity contribution >= 4 is 5.96 Å². The van der Waals surface area contributed by atoms with Crippen LogP contribution >= 0.6 is 0 Å². The van der Waals surface area contributed by atoms with Crippen molar-refractivity contribution in [2.75, 3.05) is 40.5 Å². The molecule has 1 aromatic carbocycles. The maximum atomic E-state index is 5.82. The number of aromatic nitrogens is 3. The summed E-state index contributed by atoms with van der Waals surface area (Å²) in [6.07, 6.45) is 0. The summed E-state index contributed by atoms with van der Waals surface area (Å²) in [5, 5.41) is 11.5. The maximum Gasteiger partial charge on any atom is 0.194 e. The Bertz CT molecular complexity index is 726. The lowest BCUT2D eigenvalue weighted by Gasteiger charge is -2.22. The number of hydrogen-bond acceptors (Lipinski definition) is 5. The highest BCUT2D eigenvalue weighted by molar-refractivity contribution is 5.79. The van der Waals surface area contributed by atoms with Crippen LogP contribution in [0.25, 0.3) is 0 Å². The molecule has 2 aromatic rings. The molecule has 8 nitrogen and oxygen atoms in total. The summed E-state index contributed by atoms with van der Waals surface area (Å²) in [5.41, 5.74) is 1.22. The van der Waals surface area contributed by atoms with E-state index in [9.17, 15) is 0 Å². The monoisotopic (exact) mass is 374 g/mol. The van der Waals surface area contributed by atoms with Gasteiger partial charge in [-0.05, 0) is 26.0 Å². The van der Waals surface area contributed by atoms with Crippen molar-refractivity contribution in [1.82, 2.24) is 25.0 Å². The minimum absolute atomic E-state index is 0.454. The molecule has 0 aliphatic rings. The van der Waals surface area contributed by atoms with Crippen molar-refractivity contribution in [3.63, 3.8) is 0 Å². The predicted molar refractivity (Wildman–Crippen MR) is 106 cm³/mol. The molecular weight excluding hydrogens is 344 g/mol. The van der Waals surface area contributed by atoms with Gasteiger partial charge in [0.25, 0.3) is 0 Å². The number of aryl methyl sites for hydroxylation is 2. The molecule has 0 spiro atoms. The van der Waals surface area contributed by atoms with Crippen molar-refractivity contribution < 1.29 is 9.47 Å². The predicted octanol–water partition coefficient (Wildman–Crippen LogP) is 1.53. The van der Waals surface area contributed by atoms with E-state index in [2.05, 4.69) is 27.4 Å². The first-order valence-electron chi connectivity index (χ1n) is 9.04. The number of nitrogens with one attached hydrogen (secondary N) is 1. The molecule has 27 heavy (non-hydrogen) atoms. The van der Waals surface area contributed by atoms with Crippen molar-refractivity contribution in [2.24, 2.45) is 12.0 Å². The lowest BCUT2D eigenvalue weighted by atomic mass is 10.2. The van der Waals surface area contributed by atoms with Crippen LogP contribution in [-0.4, -0.2) is 66.1 Å². The molecule has 0 unspecified atom stereocenters. The molecule has 0 radical (unpaired) electrons. The van der Waals surface area contributed by atoms with Gasteiger partial charge in [0.2, 0.25) is 0 Å². The van der Waals surface area contributed by atoms with Crippen LogP contribution in [0.4, 0.5) is 0 Å². The van der Waals surface area contributed by atoms with E-state index >= 15 is 0 Å². The number of ether oxygens (including phenoxy) is 2. The van der Waals surface area contributed by atoms with Crippen LogP contribution in [0.2, 0.25) is 0 Å². The number of hydrogen-bond donors (Lipinski definition) is 1. The molecule has 0 saturated carbocycles. The van der Waals surface area contributed by atoms with Gasteiger partial charge >= 0.3 is 0 Å². The molecule has 8 heteroatoms. The second kappa shape index (κ2) is 10.5. The van der Waals surface area contributed by atoms with Gasteiger partial charge < -0.3 is 24.3 Å². The largest absolute Gasteiger partial charge is 0.492 e. The van der Waals surface area contributed by atoms with Crippen LogP contribution in [0, 0.1) is 13.8 Å². The van der Waals surface area contributed by atoms with E-state index in [4.69, 9.17) is 9.47 Å². The average molecular weight is 374 g/mol. The molecule has 0 aliphatic heterocycles. The van der Waals surface area contributed by atoms with E-state index in [0.29, 0.717) is 32.8 Å². The first-order valence-corrected chi connectivity index (χ1v) is 9.04. The van der Waals surface area contributed by atoms with Gasteiger partial charge in [0, 0.05) is 27.7 Å².